The van der Waals surface area contributed by atoms with Crippen molar-refractivity contribution in [1.29, 1.82) is 0 Å². The third-order valence-electron chi connectivity index (χ3n) is 3.96. The number of piperidine rings is 1. The molecule has 2 N–H and O–H groups in total. The number of likely N-dealkylation sites (tertiary alicyclic amines) is 1. The van der Waals surface area contributed by atoms with Crippen LogP contribution in [-0.4, -0.2) is 38.8 Å². The number of carbonyl (C=O) groups excluding carboxylic acids is 1. The molecule has 118 valence electrons. The van der Waals surface area contributed by atoms with Gasteiger partial charge in [0.1, 0.15) is 11.4 Å². The van der Waals surface area contributed by atoms with Gasteiger partial charge in [-0.15, -0.1) is 0 Å². The van der Waals surface area contributed by atoms with E-state index in [1.54, 1.807) is 17.4 Å². The first-order valence-electron chi connectivity index (χ1n) is 6.99. The number of hydrogen-bond acceptors (Lipinski definition) is 2. The van der Waals surface area contributed by atoms with Crippen molar-refractivity contribution in [2.75, 3.05) is 13.1 Å². The fraction of sp³-hybridized carbons (Fsp3) is 0.429. The molecule has 0 bridgehead atoms. The van der Waals surface area contributed by atoms with E-state index < -0.39 is 17.8 Å². The minimum atomic E-state index is -4.47. The van der Waals surface area contributed by atoms with Crippen LogP contribution in [0.3, 0.4) is 0 Å². The Morgan fingerprint density at radius 1 is 1.27 bits per heavy atom. The Hall–Kier alpha value is -2.25. The van der Waals surface area contributed by atoms with Gasteiger partial charge in [0.05, 0.1) is 6.33 Å². The van der Waals surface area contributed by atoms with Gasteiger partial charge < -0.3 is 14.9 Å². The number of halogens is 3. The van der Waals surface area contributed by atoms with Gasteiger partial charge in [-0.3, -0.25) is 4.79 Å². The molecule has 0 aliphatic carbocycles. The zero-order valence-corrected chi connectivity index (χ0v) is 11.7. The fourth-order valence-corrected chi connectivity index (χ4v) is 2.74. The van der Waals surface area contributed by atoms with Crippen LogP contribution in [0.4, 0.5) is 13.2 Å². The zero-order valence-electron chi connectivity index (χ0n) is 11.7. The van der Waals surface area contributed by atoms with Crippen LogP contribution in [0.5, 0.6) is 0 Å². The number of alkyl halides is 3. The predicted molar refractivity (Wildman–Crippen MR) is 72.3 cm³/mol. The first-order valence-corrected chi connectivity index (χ1v) is 6.99. The van der Waals surface area contributed by atoms with Gasteiger partial charge in [-0.2, -0.15) is 13.2 Å². The van der Waals surface area contributed by atoms with Crippen LogP contribution in [-0.2, 0) is 6.18 Å². The molecule has 1 aliphatic rings. The number of amides is 1. The van der Waals surface area contributed by atoms with E-state index >= 15 is 0 Å². The molecule has 2 aromatic heterocycles. The summed E-state index contributed by atoms with van der Waals surface area (Å²) in [6.45, 7) is 1.03. The molecule has 1 amide bonds. The summed E-state index contributed by atoms with van der Waals surface area (Å²) in [6.07, 6.45) is 0.445. The number of aromatic nitrogens is 3. The highest BCUT2D eigenvalue weighted by Gasteiger charge is 2.33. The second-order valence-corrected chi connectivity index (χ2v) is 5.36. The molecule has 22 heavy (non-hydrogen) atoms. The smallest absolute Gasteiger partial charge is 0.348 e. The fourth-order valence-electron chi connectivity index (χ4n) is 2.74. The molecule has 1 saturated heterocycles. The molecule has 0 unspecified atom stereocenters. The van der Waals surface area contributed by atoms with Crippen LogP contribution >= 0.6 is 0 Å². The number of hydrogen-bond donors (Lipinski definition) is 2. The van der Waals surface area contributed by atoms with Crippen LogP contribution in [0.1, 0.15) is 40.6 Å². The maximum atomic E-state index is 12.5. The molecule has 8 heteroatoms. The first kappa shape index (κ1) is 14.7. The van der Waals surface area contributed by atoms with Crippen molar-refractivity contribution >= 4 is 5.91 Å². The van der Waals surface area contributed by atoms with Crippen molar-refractivity contribution in [3.8, 4) is 0 Å². The number of nitrogens with one attached hydrogen (secondary N) is 2. The average Bonchev–Trinajstić information content (AvgIpc) is 3.17. The predicted octanol–water partition coefficient (Wildman–Crippen LogP) is 2.78. The molecule has 1 fully saturated rings. The lowest BCUT2D eigenvalue weighted by Crippen LogP contribution is -2.38. The first-order chi connectivity index (χ1) is 10.4. The molecule has 0 atom stereocenters. The molecule has 3 rings (SSSR count). The number of H-pyrrole nitrogens is 2. The van der Waals surface area contributed by atoms with Crippen LogP contribution in [0.15, 0.2) is 24.7 Å². The van der Waals surface area contributed by atoms with Crippen LogP contribution in [0, 0.1) is 0 Å². The van der Waals surface area contributed by atoms with Crippen molar-refractivity contribution in [3.63, 3.8) is 0 Å². The second-order valence-electron chi connectivity index (χ2n) is 5.36. The van der Waals surface area contributed by atoms with Gasteiger partial charge in [0.2, 0.25) is 0 Å². The van der Waals surface area contributed by atoms with E-state index in [0.29, 0.717) is 19.0 Å². The molecule has 0 aromatic carbocycles. The van der Waals surface area contributed by atoms with Gasteiger partial charge in [0, 0.05) is 30.9 Å². The lowest BCUT2D eigenvalue weighted by Gasteiger charge is -2.31. The van der Waals surface area contributed by atoms with Gasteiger partial charge in [-0.05, 0) is 25.0 Å². The molecular weight excluding hydrogens is 297 g/mol. The van der Waals surface area contributed by atoms with Crippen molar-refractivity contribution in [2.24, 2.45) is 0 Å². The standard InChI is InChI=1S/C14H15F3N4O/c15-14(16,17)12-2-1-10(20-12)13(22)21-5-3-9(4-6-21)11-7-18-8-19-11/h1-2,7-9,20H,3-6H2,(H,18,19). The average molecular weight is 312 g/mol. The topological polar surface area (TPSA) is 64.8 Å². The van der Waals surface area contributed by atoms with E-state index in [2.05, 4.69) is 15.0 Å². The third-order valence-corrected chi connectivity index (χ3v) is 3.96. The molecule has 3 heterocycles. The minimum Gasteiger partial charge on any atom is -0.348 e. The molecule has 0 radical (unpaired) electrons. The number of nitrogens with zero attached hydrogens (tertiary/aromatic N) is 2. The van der Waals surface area contributed by atoms with Crippen molar-refractivity contribution in [1.82, 2.24) is 19.9 Å². The molecular formula is C14H15F3N4O. The largest absolute Gasteiger partial charge is 0.431 e. The lowest BCUT2D eigenvalue weighted by molar-refractivity contribution is -0.140. The van der Waals surface area contributed by atoms with Crippen LogP contribution < -0.4 is 0 Å². The number of rotatable bonds is 2. The molecule has 1 aliphatic heterocycles. The summed E-state index contributed by atoms with van der Waals surface area (Å²) in [6, 6.07) is 2.08. The highest BCUT2D eigenvalue weighted by atomic mass is 19.4. The Bertz CT molecular complexity index is 639. The number of imidazole rings is 1. The van der Waals surface area contributed by atoms with Gasteiger partial charge in [0.15, 0.2) is 0 Å². The van der Waals surface area contributed by atoms with Gasteiger partial charge in [0.25, 0.3) is 5.91 Å². The molecule has 0 spiro atoms. The lowest BCUT2D eigenvalue weighted by atomic mass is 9.94. The highest BCUT2D eigenvalue weighted by Crippen LogP contribution is 2.30. The van der Waals surface area contributed by atoms with E-state index in [1.807, 2.05) is 0 Å². The summed E-state index contributed by atoms with van der Waals surface area (Å²) >= 11 is 0. The van der Waals surface area contributed by atoms with E-state index in [0.717, 1.165) is 24.6 Å². The highest BCUT2D eigenvalue weighted by molar-refractivity contribution is 5.92. The third kappa shape index (κ3) is 2.86. The summed E-state index contributed by atoms with van der Waals surface area (Å²) in [5.41, 5.74) is 0.113. The number of aromatic amines is 2. The van der Waals surface area contributed by atoms with E-state index in [1.165, 1.54) is 6.07 Å². The van der Waals surface area contributed by atoms with Crippen molar-refractivity contribution in [3.05, 3.63) is 41.7 Å². The SMILES string of the molecule is O=C(c1ccc(C(F)(F)F)[nH]1)N1CCC(c2cnc[nH]2)CC1. The summed E-state index contributed by atoms with van der Waals surface area (Å²) in [5, 5.41) is 0. The van der Waals surface area contributed by atoms with Crippen LogP contribution in [0.25, 0.3) is 0 Å². The molecule has 5 nitrogen and oxygen atoms in total. The Kier molecular flexibility index (Phi) is 3.67. The maximum Gasteiger partial charge on any atom is 0.431 e. The minimum absolute atomic E-state index is 0.0210. The Morgan fingerprint density at radius 3 is 2.55 bits per heavy atom. The van der Waals surface area contributed by atoms with Gasteiger partial charge >= 0.3 is 6.18 Å². The zero-order chi connectivity index (χ0) is 15.7. The molecule has 2 aromatic rings. The Balaban J connectivity index is 1.63. The van der Waals surface area contributed by atoms with E-state index in [9.17, 15) is 18.0 Å². The van der Waals surface area contributed by atoms with Crippen molar-refractivity contribution in [2.45, 2.75) is 24.9 Å². The second kappa shape index (κ2) is 5.51. The van der Waals surface area contributed by atoms with E-state index in [4.69, 9.17) is 0 Å². The quantitative estimate of drug-likeness (QED) is 0.895. The Labute approximate surface area is 124 Å². The monoisotopic (exact) mass is 312 g/mol. The van der Waals surface area contributed by atoms with E-state index in [-0.39, 0.29) is 5.69 Å². The summed E-state index contributed by atoms with van der Waals surface area (Å²) in [5.74, 6) is -0.0838. The van der Waals surface area contributed by atoms with Gasteiger partial charge in [-0.25, -0.2) is 4.98 Å². The summed E-state index contributed by atoms with van der Waals surface area (Å²) in [4.78, 5) is 23.0. The summed E-state index contributed by atoms with van der Waals surface area (Å²) in [7, 11) is 0. The van der Waals surface area contributed by atoms with Crippen molar-refractivity contribution < 1.29 is 18.0 Å². The Morgan fingerprint density at radius 2 is 2.00 bits per heavy atom. The molecule has 0 saturated carbocycles. The number of carbonyl (C=O) groups is 1. The van der Waals surface area contributed by atoms with Gasteiger partial charge in [-0.1, -0.05) is 0 Å². The summed E-state index contributed by atoms with van der Waals surface area (Å²) < 4.78 is 37.6. The maximum absolute atomic E-state index is 12.5. The normalized spacial score (nSPS) is 17.0. The van der Waals surface area contributed by atoms with Crippen LogP contribution in [0.2, 0.25) is 0 Å².